The average Bonchev–Trinajstić information content (AvgIpc) is 2.64. The second-order valence-corrected chi connectivity index (χ2v) is 5.48. The highest BCUT2D eigenvalue weighted by Crippen LogP contribution is 2.40. The number of ether oxygens (including phenoxy) is 3. The molecule has 0 saturated heterocycles. The fraction of sp³-hybridized carbons (Fsp3) is 0.200. The van der Waals surface area contributed by atoms with Gasteiger partial charge in [0.15, 0.2) is 17.3 Å². The fourth-order valence-electron chi connectivity index (χ4n) is 2.48. The maximum absolute atomic E-state index is 12.6. The summed E-state index contributed by atoms with van der Waals surface area (Å²) in [5, 5.41) is 9.53. The summed E-state index contributed by atoms with van der Waals surface area (Å²) in [6.07, 6.45) is 1.27. The third-order valence-electron chi connectivity index (χ3n) is 3.82. The maximum atomic E-state index is 12.6. The summed E-state index contributed by atoms with van der Waals surface area (Å²) in [5.41, 5.74) is 1.29. The quantitative estimate of drug-likeness (QED) is 0.354. The van der Waals surface area contributed by atoms with Gasteiger partial charge in [0, 0.05) is 11.1 Å². The zero-order chi connectivity index (χ0) is 19.3. The predicted octanol–water partition coefficient (Wildman–Crippen LogP) is 3.37. The van der Waals surface area contributed by atoms with E-state index in [4.69, 9.17) is 14.2 Å². The molecule has 0 aliphatic carbocycles. The number of aryl methyl sites for hydroxylation is 1. The monoisotopic (exact) mass is 356 g/mol. The van der Waals surface area contributed by atoms with Gasteiger partial charge >= 0.3 is 5.97 Å². The van der Waals surface area contributed by atoms with Crippen molar-refractivity contribution in [2.24, 2.45) is 0 Å². The summed E-state index contributed by atoms with van der Waals surface area (Å²) in [6, 6.07) is 9.92. The Morgan fingerprint density at radius 1 is 0.885 bits per heavy atom. The van der Waals surface area contributed by atoms with Crippen LogP contribution in [0.1, 0.15) is 21.5 Å². The summed E-state index contributed by atoms with van der Waals surface area (Å²) in [7, 11) is 4.36. The molecular weight excluding hydrogens is 336 g/mol. The van der Waals surface area contributed by atoms with E-state index in [1.807, 2.05) is 6.92 Å². The van der Waals surface area contributed by atoms with Gasteiger partial charge < -0.3 is 19.3 Å². The smallest absolute Gasteiger partial charge is 0.339 e. The van der Waals surface area contributed by atoms with Crippen LogP contribution in [0.5, 0.6) is 17.2 Å². The van der Waals surface area contributed by atoms with Crippen molar-refractivity contribution in [1.82, 2.24) is 0 Å². The van der Waals surface area contributed by atoms with Gasteiger partial charge in [-0.25, -0.2) is 4.79 Å². The molecule has 136 valence electrons. The van der Waals surface area contributed by atoms with Gasteiger partial charge in [-0.2, -0.15) is 0 Å². The van der Waals surface area contributed by atoms with E-state index in [2.05, 4.69) is 0 Å². The molecule has 26 heavy (non-hydrogen) atoms. The molecule has 0 heterocycles. The van der Waals surface area contributed by atoms with E-state index in [-0.39, 0.29) is 11.3 Å². The van der Waals surface area contributed by atoms with Crippen molar-refractivity contribution in [3.05, 3.63) is 58.7 Å². The highest BCUT2D eigenvalue weighted by Gasteiger charge is 2.22. The first kappa shape index (κ1) is 19.1. The van der Waals surface area contributed by atoms with Crippen LogP contribution >= 0.6 is 0 Å². The van der Waals surface area contributed by atoms with E-state index in [0.29, 0.717) is 22.6 Å². The third-order valence-corrected chi connectivity index (χ3v) is 3.82. The first-order valence-corrected chi connectivity index (χ1v) is 7.78. The van der Waals surface area contributed by atoms with Crippen LogP contribution in [0.2, 0.25) is 0 Å². The molecular formula is C20H20O6. The molecule has 0 unspecified atom stereocenters. The van der Waals surface area contributed by atoms with E-state index in [0.717, 1.165) is 5.56 Å². The molecule has 0 aliphatic rings. The molecule has 0 aliphatic heterocycles. The van der Waals surface area contributed by atoms with Gasteiger partial charge in [0.2, 0.25) is 5.75 Å². The lowest BCUT2D eigenvalue weighted by Gasteiger charge is -2.14. The van der Waals surface area contributed by atoms with Gasteiger partial charge in [0.1, 0.15) is 5.57 Å². The van der Waals surface area contributed by atoms with Gasteiger partial charge in [0.05, 0.1) is 21.3 Å². The largest absolute Gasteiger partial charge is 0.493 e. The van der Waals surface area contributed by atoms with Crippen LogP contribution in [-0.2, 0) is 4.79 Å². The molecule has 6 nitrogen and oxygen atoms in total. The number of hydrogen-bond donors (Lipinski definition) is 1. The average molecular weight is 356 g/mol. The molecule has 0 amide bonds. The summed E-state index contributed by atoms with van der Waals surface area (Å²) < 4.78 is 15.8. The Bertz CT molecular complexity index is 849. The van der Waals surface area contributed by atoms with Crippen molar-refractivity contribution in [3.8, 4) is 17.2 Å². The zero-order valence-corrected chi connectivity index (χ0v) is 15.0. The number of hydrogen-bond acceptors (Lipinski definition) is 5. The topological polar surface area (TPSA) is 82.1 Å². The van der Waals surface area contributed by atoms with Crippen molar-refractivity contribution in [2.45, 2.75) is 6.92 Å². The number of Topliss-reactive ketones (excluding diaryl/α,β-unsaturated/α-hetero) is 1. The standard InChI is InChI=1S/C20H20O6/c1-12-5-7-13(8-6-12)17(21)15(20(22)23)11-14-9-10-16(24-2)19(26-4)18(14)25-3/h5-11H,1-4H3,(H,22,23)/b15-11-. The Morgan fingerprint density at radius 3 is 2.00 bits per heavy atom. The van der Waals surface area contributed by atoms with E-state index in [1.54, 1.807) is 36.4 Å². The molecule has 0 bridgehead atoms. The molecule has 0 radical (unpaired) electrons. The molecule has 2 aromatic rings. The minimum atomic E-state index is -1.33. The van der Waals surface area contributed by atoms with Crippen LogP contribution in [0.3, 0.4) is 0 Å². The Morgan fingerprint density at radius 2 is 1.50 bits per heavy atom. The van der Waals surface area contributed by atoms with Crippen molar-refractivity contribution < 1.29 is 28.9 Å². The summed E-state index contributed by atoms with van der Waals surface area (Å²) >= 11 is 0. The molecule has 0 fully saturated rings. The molecule has 6 heteroatoms. The van der Waals surface area contributed by atoms with E-state index >= 15 is 0 Å². The Kier molecular flexibility index (Phi) is 6.01. The SMILES string of the molecule is COc1ccc(/C=C(\C(=O)O)C(=O)c2ccc(C)cc2)c(OC)c1OC. The highest BCUT2D eigenvalue weighted by molar-refractivity contribution is 6.26. The normalized spacial score (nSPS) is 11.0. The van der Waals surface area contributed by atoms with Gasteiger partial charge in [-0.05, 0) is 25.1 Å². The summed E-state index contributed by atoms with van der Waals surface area (Å²) in [5.74, 6) is -0.886. The van der Waals surface area contributed by atoms with Crippen LogP contribution in [0, 0.1) is 6.92 Å². The number of benzene rings is 2. The van der Waals surface area contributed by atoms with Gasteiger partial charge in [-0.1, -0.05) is 29.8 Å². The molecule has 0 aromatic heterocycles. The predicted molar refractivity (Wildman–Crippen MR) is 97.2 cm³/mol. The lowest BCUT2D eigenvalue weighted by atomic mass is 9.99. The van der Waals surface area contributed by atoms with Crippen LogP contribution in [0.25, 0.3) is 6.08 Å². The molecule has 2 rings (SSSR count). The van der Waals surface area contributed by atoms with Gasteiger partial charge in [-0.15, -0.1) is 0 Å². The fourth-order valence-corrected chi connectivity index (χ4v) is 2.48. The lowest BCUT2D eigenvalue weighted by molar-refractivity contribution is -0.132. The highest BCUT2D eigenvalue weighted by atomic mass is 16.5. The summed E-state index contributed by atoms with van der Waals surface area (Å²) in [6.45, 7) is 1.89. The number of carbonyl (C=O) groups is 2. The van der Waals surface area contributed by atoms with Gasteiger partial charge in [-0.3, -0.25) is 4.79 Å². The molecule has 0 saturated carbocycles. The minimum Gasteiger partial charge on any atom is -0.493 e. The second-order valence-electron chi connectivity index (χ2n) is 5.48. The molecule has 0 spiro atoms. The summed E-state index contributed by atoms with van der Waals surface area (Å²) in [4.78, 5) is 24.3. The Balaban J connectivity index is 2.57. The maximum Gasteiger partial charge on any atom is 0.339 e. The molecule has 2 aromatic carbocycles. The first-order valence-electron chi connectivity index (χ1n) is 7.78. The third kappa shape index (κ3) is 3.85. The lowest BCUT2D eigenvalue weighted by Crippen LogP contribution is -2.12. The van der Waals surface area contributed by atoms with Crippen molar-refractivity contribution >= 4 is 17.8 Å². The second kappa shape index (κ2) is 8.20. The van der Waals surface area contributed by atoms with Crippen LogP contribution < -0.4 is 14.2 Å². The number of methoxy groups -OCH3 is 3. The number of carboxylic acid groups (broad SMARTS) is 1. The van der Waals surface area contributed by atoms with E-state index < -0.39 is 11.8 Å². The first-order chi connectivity index (χ1) is 12.4. The van der Waals surface area contributed by atoms with Crippen molar-refractivity contribution in [2.75, 3.05) is 21.3 Å². The van der Waals surface area contributed by atoms with Gasteiger partial charge in [0.25, 0.3) is 0 Å². The van der Waals surface area contributed by atoms with E-state index in [9.17, 15) is 14.7 Å². The van der Waals surface area contributed by atoms with Crippen molar-refractivity contribution in [1.29, 1.82) is 0 Å². The number of rotatable bonds is 7. The number of carbonyl (C=O) groups excluding carboxylic acids is 1. The number of ketones is 1. The van der Waals surface area contributed by atoms with Crippen LogP contribution in [-0.4, -0.2) is 38.2 Å². The van der Waals surface area contributed by atoms with Crippen LogP contribution in [0.15, 0.2) is 42.0 Å². The van der Waals surface area contributed by atoms with Crippen LogP contribution in [0.4, 0.5) is 0 Å². The molecule has 1 N–H and O–H groups in total. The zero-order valence-electron chi connectivity index (χ0n) is 15.0. The molecule has 0 atom stereocenters. The minimum absolute atomic E-state index is 0.280. The van der Waals surface area contributed by atoms with Crippen molar-refractivity contribution in [3.63, 3.8) is 0 Å². The number of carboxylic acids is 1. The number of aliphatic carboxylic acids is 1. The van der Waals surface area contributed by atoms with E-state index in [1.165, 1.54) is 27.4 Å². The Labute approximate surface area is 151 Å². The Hall–Kier alpha value is -3.28.